The molecule has 3 rings (SSSR count). The number of rotatable bonds is 8. The van der Waals surface area contributed by atoms with Crippen molar-refractivity contribution < 1.29 is 4.79 Å². The molecule has 3 heteroatoms. The lowest BCUT2D eigenvalue weighted by Crippen LogP contribution is -2.28. The van der Waals surface area contributed by atoms with Crippen molar-refractivity contribution in [2.75, 3.05) is 13.1 Å². The maximum Gasteiger partial charge on any atom is 0.220 e. The van der Waals surface area contributed by atoms with E-state index in [1.165, 1.54) is 36.8 Å². The van der Waals surface area contributed by atoms with Crippen LogP contribution in [0.15, 0.2) is 24.3 Å². The van der Waals surface area contributed by atoms with Gasteiger partial charge in [0.05, 0.1) is 0 Å². The van der Waals surface area contributed by atoms with Crippen LogP contribution in [0.2, 0.25) is 0 Å². The number of fused-ring (bicyclic) bond motifs is 2. The van der Waals surface area contributed by atoms with Gasteiger partial charge >= 0.3 is 0 Å². The van der Waals surface area contributed by atoms with Gasteiger partial charge in [0.2, 0.25) is 5.91 Å². The third-order valence-electron chi connectivity index (χ3n) is 6.21. The molecule has 0 spiro atoms. The van der Waals surface area contributed by atoms with E-state index in [-0.39, 0.29) is 5.91 Å². The van der Waals surface area contributed by atoms with Crippen LogP contribution in [0.25, 0.3) is 0 Å². The minimum atomic E-state index is 0.241. The quantitative estimate of drug-likeness (QED) is 0.783. The first kappa shape index (κ1) is 17.5. The number of amides is 1. The van der Waals surface area contributed by atoms with Gasteiger partial charge in [-0.1, -0.05) is 44.5 Å². The summed E-state index contributed by atoms with van der Waals surface area (Å²) < 4.78 is 0. The number of hydrogen-bond donors (Lipinski definition) is 1. The molecule has 0 aliphatic heterocycles. The maximum absolute atomic E-state index is 12.4. The summed E-state index contributed by atoms with van der Waals surface area (Å²) in [5.74, 6) is 2.64. The third-order valence-corrected chi connectivity index (χ3v) is 6.21. The van der Waals surface area contributed by atoms with Gasteiger partial charge in [-0.25, -0.2) is 0 Å². The van der Waals surface area contributed by atoms with Gasteiger partial charge in [-0.2, -0.15) is 0 Å². The van der Waals surface area contributed by atoms with Crippen LogP contribution in [0.5, 0.6) is 0 Å². The van der Waals surface area contributed by atoms with E-state index in [0.717, 1.165) is 37.9 Å². The van der Waals surface area contributed by atoms with Gasteiger partial charge in [0, 0.05) is 19.5 Å². The molecule has 2 aliphatic carbocycles. The molecule has 1 amide bonds. The number of nitrogens with one attached hydrogen (secondary N) is 1. The SMILES string of the molecule is CCN(CC)Cc1ccccc1CNC(=O)CC1CC2CCC1C2. The number of nitrogens with zero attached hydrogens (tertiary/aromatic N) is 1. The van der Waals surface area contributed by atoms with Crippen LogP contribution in [-0.2, 0) is 17.9 Å². The molecule has 1 aromatic carbocycles. The summed E-state index contributed by atoms with van der Waals surface area (Å²) in [6.07, 6.45) is 6.16. The van der Waals surface area contributed by atoms with Crippen molar-refractivity contribution in [1.29, 1.82) is 0 Å². The topological polar surface area (TPSA) is 32.3 Å². The summed E-state index contributed by atoms with van der Waals surface area (Å²) >= 11 is 0. The van der Waals surface area contributed by atoms with Gasteiger partial charge in [-0.05, 0) is 61.2 Å². The summed E-state index contributed by atoms with van der Waals surface area (Å²) in [4.78, 5) is 14.8. The third kappa shape index (κ3) is 4.18. The Balaban J connectivity index is 1.51. The van der Waals surface area contributed by atoms with Gasteiger partial charge in [-0.15, -0.1) is 0 Å². The number of carbonyl (C=O) groups is 1. The molecule has 3 nitrogen and oxygen atoms in total. The zero-order chi connectivity index (χ0) is 16.9. The van der Waals surface area contributed by atoms with Crippen LogP contribution in [0, 0.1) is 17.8 Å². The fourth-order valence-electron chi connectivity index (χ4n) is 4.70. The molecule has 2 fully saturated rings. The van der Waals surface area contributed by atoms with Crippen molar-refractivity contribution in [2.45, 2.75) is 59.0 Å². The molecule has 0 saturated heterocycles. The summed E-state index contributed by atoms with van der Waals surface area (Å²) in [7, 11) is 0. The first-order valence-corrected chi connectivity index (χ1v) is 9.75. The standard InChI is InChI=1S/C21H32N2O/c1-3-23(4-2)15-19-8-6-5-7-18(19)14-22-21(24)13-20-12-16-9-10-17(20)11-16/h5-8,16-17,20H,3-4,9-15H2,1-2H3,(H,22,24). The van der Waals surface area contributed by atoms with E-state index < -0.39 is 0 Å². The number of hydrogen-bond acceptors (Lipinski definition) is 2. The molecule has 0 aromatic heterocycles. The Morgan fingerprint density at radius 3 is 2.50 bits per heavy atom. The molecule has 3 unspecified atom stereocenters. The lowest BCUT2D eigenvalue weighted by molar-refractivity contribution is -0.122. The van der Waals surface area contributed by atoms with E-state index in [4.69, 9.17) is 0 Å². The van der Waals surface area contributed by atoms with E-state index >= 15 is 0 Å². The summed E-state index contributed by atoms with van der Waals surface area (Å²) in [5, 5.41) is 3.18. The van der Waals surface area contributed by atoms with E-state index in [1.807, 2.05) is 0 Å². The Morgan fingerprint density at radius 2 is 1.88 bits per heavy atom. The Labute approximate surface area is 146 Å². The Hall–Kier alpha value is -1.35. The van der Waals surface area contributed by atoms with Gasteiger partial charge in [0.1, 0.15) is 0 Å². The smallest absolute Gasteiger partial charge is 0.220 e. The summed E-state index contributed by atoms with van der Waals surface area (Å²) in [5.41, 5.74) is 2.59. The maximum atomic E-state index is 12.4. The number of carbonyl (C=O) groups excluding carboxylic acids is 1. The van der Waals surface area contributed by atoms with Crippen LogP contribution in [0.1, 0.15) is 57.1 Å². The Morgan fingerprint density at radius 1 is 1.12 bits per heavy atom. The largest absolute Gasteiger partial charge is 0.352 e. The lowest BCUT2D eigenvalue weighted by atomic mass is 9.86. The van der Waals surface area contributed by atoms with Crippen LogP contribution in [0.3, 0.4) is 0 Å². The molecule has 0 radical (unpaired) electrons. The van der Waals surface area contributed by atoms with Crippen LogP contribution >= 0.6 is 0 Å². The Bertz CT molecular complexity index is 553. The minimum absolute atomic E-state index is 0.241. The number of benzene rings is 1. The highest BCUT2D eigenvalue weighted by Crippen LogP contribution is 2.49. The Kier molecular flexibility index (Phi) is 5.94. The average Bonchev–Trinajstić information content (AvgIpc) is 3.21. The summed E-state index contributed by atoms with van der Waals surface area (Å²) in [6.45, 7) is 8.14. The predicted molar refractivity (Wildman–Crippen MR) is 98.5 cm³/mol. The predicted octanol–water partition coefficient (Wildman–Crippen LogP) is 3.97. The van der Waals surface area contributed by atoms with Gasteiger partial charge < -0.3 is 5.32 Å². The molecule has 2 saturated carbocycles. The van der Waals surface area contributed by atoms with Crippen molar-refractivity contribution in [3.8, 4) is 0 Å². The lowest BCUT2D eigenvalue weighted by Gasteiger charge is -2.22. The molecular formula is C21H32N2O. The highest BCUT2D eigenvalue weighted by atomic mass is 16.1. The zero-order valence-corrected chi connectivity index (χ0v) is 15.3. The molecule has 3 atom stereocenters. The molecule has 1 N–H and O–H groups in total. The first-order chi connectivity index (χ1) is 11.7. The second-order valence-corrected chi connectivity index (χ2v) is 7.65. The highest BCUT2D eigenvalue weighted by Gasteiger charge is 2.39. The van der Waals surface area contributed by atoms with Crippen LogP contribution in [0.4, 0.5) is 0 Å². The monoisotopic (exact) mass is 328 g/mol. The van der Waals surface area contributed by atoms with Gasteiger partial charge in [0.25, 0.3) is 0 Å². The molecule has 1 aromatic rings. The van der Waals surface area contributed by atoms with Crippen molar-refractivity contribution >= 4 is 5.91 Å². The summed E-state index contributed by atoms with van der Waals surface area (Å²) in [6, 6.07) is 8.51. The minimum Gasteiger partial charge on any atom is -0.352 e. The van der Waals surface area contributed by atoms with Crippen molar-refractivity contribution in [3.63, 3.8) is 0 Å². The normalized spacial score (nSPS) is 25.4. The van der Waals surface area contributed by atoms with E-state index in [9.17, 15) is 4.79 Å². The fraction of sp³-hybridized carbons (Fsp3) is 0.667. The second-order valence-electron chi connectivity index (χ2n) is 7.65. The highest BCUT2D eigenvalue weighted by molar-refractivity contribution is 5.76. The molecular weight excluding hydrogens is 296 g/mol. The molecule has 2 bridgehead atoms. The van der Waals surface area contributed by atoms with Crippen molar-refractivity contribution in [2.24, 2.45) is 17.8 Å². The van der Waals surface area contributed by atoms with Crippen LogP contribution in [-0.4, -0.2) is 23.9 Å². The van der Waals surface area contributed by atoms with E-state index in [2.05, 4.69) is 48.3 Å². The van der Waals surface area contributed by atoms with Crippen molar-refractivity contribution in [3.05, 3.63) is 35.4 Å². The molecule has 132 valence electrons. The van der Waals surface area contributed by atoms with E-state index in [1.54, 1.807) is 0 Å². The second kappa shape index (κ2) is 8.15. The average molecular weight is 329 g/mol. The van der Waals surface area contributed by atoms with Crippen LogP contribution < -0.4 is 5.32 Å². The van der Waals surface area contributed by atoms with Gasteiger partial charge in [0.15, 0.2) is 0 Å². The van der Waals surface area contributed by atoms with Crippen molar-refractivity contribution in [1.82, 2.24) is 10.2 Å². The molecule has 24 heavy (non-hydrogen) atoms. The molecule has 2 aliphatic rings. The van der Waals surface area contributed by atoms with E-state index in [0.29, 0.717) is 12.5 Å². The zero-order valence-electron chi connectivity index (χ0n) is 15.3. The molecule has 0 heterocycles. The first-order valence-electron chi connectivity index (χ1n) is 9.75. The fourth-order valence-corrected chi connectivity index (χ4v) is 4.70. The van der Waals surface area contributed by atoms with Gasteiger partial charge in [-0.3, -0.25) is 9.69 Å².